The van der Waals surface area contributed by atoms with Crippen LogP contribution in [0.1, 0.15) is 38.5 Å². The van der Waals surface area contributed by atoms with Crippen LogP contribution in [0.15, 0.2) is 0 Å². The van der Waals surface area contributed by atoms with Crippen LogP contribution in [0.25, 0.3) is 0 Å². The van der Waals surface area contributed by atoms with E-state index in [1.165, 1.54) is 12.8 Å². The van der Waals surface area contributed by atoms with E-state index in [4.69, 9.17) is 0 Å². The highest BCUT2D eigenvalue weighted by atomic mass is 32.2. The summed E-state index contributed by atoms with van der Waals surface area (Å²) in [6, 6.07) is 0.763. The van der Waals surface area contributed by atoms with Gasteiger partial charge in [0.05, 0.1) is 5.75 Å². The average molecular weight is 303 g/mol. The first-order valence-electron chi connectivity index (χ1n) is 7.86. The van der Waals surface area contributed by atoms with Gasteiger partial charge < -0.3 is 10.2 Å². The number of nitrogens with zero attached hydrogens (tertiary/aromatic N) is 2. The Bertz CT molecular complexity index is 391. The van der Waals surface area contributed by atoms with E-state index in [1.807, 2.05) is 14.1 Å². The van der Waals surface area contributed by atoms with Gasteiger partial charge in [-0.1, -0.05) is 6.42 Å². The van der Waals surface area contributed by atoms with Gasteiger partial charge in [-0.25, -0.2) is 12.7 Å². The molecule has 0 aromatic rings. The van der Waals surface area contributed by atoms with Gasteiger partial charge >= 0.3 is 0 Å². The SMILES string of the molecule is CN(C)C1CCCN(S(=O)(=O)CCC2CCCCN2)C1. The minimum absolute atomic E-state index is 0.296. The average Bonchev–Trinajstić information content (AvgIpc) is 2.46. The van der Waals surface area contributed by atoms with Crippen LogP contribution in [-0.4, -0.2) is 69.2 Å². The molecular weight excluding hydrogens is 274 g/mol. The van der Waals surface area contributed by atoms with Gasteiger partial charge in [0, 0.05) is 25.2 Å². The van der Waals surface area contributed by atoms with Gasteiger partial charge in [-0.3, -0.25) is 0 Å². The lowest BCUT2D eigenvalue weighted by Crippen LogP contribution is -2.48. The third-order valence-electron chi connectivity index (χ3n) is 4.62. The van der Waals surface area contributed by atoms with Crippen molar-refractivity contribution in [2.24, 2.45) is 0 Å². The molecule has 5 nitrogen and oxygen atoms in total. The minimum Gasteiger partial charge on any atom is -0.314 e. The zero-order chi connectivity index (χ0) is 14.6. The molecule has 0 aromatic heterocycles. The Morgan fingerprint density at radius 2 is 2.00 bits per heavy atom. The summed E-state index contributed by atoms with van der Waals surface area (Å²) in [7, 11) is 0.986. The quantitative estimate of drug-likeness (QED) is 0.819. The van der Waals surface area contributed by atoms with Gasteiger partial charge in [0.15, 0.2) is 0 Å². The molecule has 0 aromatic carbocycles. The first-order valence-corrected chi connectivity index (χ1v) is 9.47. The first-order chi connectivity index (χ1) is 9.49. The first kappa shape index (κ1) is 16.2. The lowest BCUT2D eigenvalue weighted by Gasteiger charge is -2.35. The maximum absolute atomic E-state index is 12.5. The molecule has 0 spiro atoms. The van der Waals surface area contributed by atoms with E-state index in [9.17, 15) is 8.42 Å². The molecule has 1 N–H and O–H groups in total. The molecule has 0 bridgehead atoms. The van der Waals surface area contributed by atoms with Gasteiger partial charge in [0.25, 0.3) is 0 Å². The molecule has 2 fully saturated rings. The predicted octanol–water partition coefficient (Wildman–Crippen LogP) is 0.874. The van der Waals surface area contributed by atoms with Crippen molar-refractivity contribution in [2.45, 2.75) is 50.6 Å². The zero-order valence-electron chi connectivity index (χ0n) is 12.8. The number of rotatable bonds is 5. The van der Waals surface area contributed by atoms with Gasteiger partial charge in [-0.2, -0.15) is 0 Å². The largest absolute Gasteiger partial charge is 0.314 e. The maximum Gasteiger partial charge on any atom is 0.214 e. The van der Waals surface area contributed by atoms with Crippen molar-refractivity contribution in [1.29, 1.82) is 0 Å². The minimum atomic E-state index is -3.08. The molecule has 20 heavy (non-hydrogen) atoms. The molecule has 2 heterocycles. The summed E-state index contributed by atoms with van der Waals surface area (Å²) in [6.07, 6.45) is 6.40. The topological polar surface area (TPSA) is 52.7 Å². The molecule has 2 atom stereocenters. The predicted molar refractivity (Wildman–Crippen MR) is 82.3 cm³/mol. The lowest BCUT2D eigenvalue weighted by molar-refractivity contribution is 0.190. The Morgan fingerprint density at radius 1 is 1.20 bits per heavy atom. The fraction of sp³-hybridized carbons (Fsp3) is 1.00. The molecule has 0 aliphatic carbocycles. The van der Waals surface area contributed by atoms with Crippen LogP contribution in [0.5, 0.6) is 0 Å². The number of sulfonamides is 1. The molecule has 2 unspecified atom stereocenters. The van der Waals surface area contributed by atoms with Crippen LogP contribution in [0.4, 0.5) is 0 Å². The normalized spacial score (nSPS) is 29.8. The molecule has 2 aliphatic rings. The summed E-state index contributed by atoms with van der Waals surface area (Å²) >= 11 is 0. The Kier molecular flexibility index (Phi) is 5.84. The second kappa shape index (κ2) is 7.20. The van der Waals surface area contributed by atoms with E-state index >= 15 is 0 Å². The number of hydrogen-bond donors (Lipinski definition) is 1. The van der Waals surface area contributed by atoms with Crippen LogP contribution in [0.3, 0.4) is 0 Å². The second-order valence-electron chi connectivity index (χ2n) is 6.37. The Balaban J connectivity index is 1.85. The van der Waals surface area contributed by atoms with E-state index in [-0.39, 0.29) is 0 Å². The highest BCUT2D eigenvalue weighted by Gasteiger charge is 2.30. The molecule has 2 aliphatic heterocycles. The van der Waals surface area contributed by atoms with Crippen LogP contribution in [-0.2, 0) is 10.0 Å². The summed E-state index contributed by atoms with van der Waals surface area (Å²) in [5, 5.41) is 3.43. The molecule has 0 radical (unpaired) electrons. The van der Waals surface area contributed by atoms with Crippen LogP contribution in [0.2, 0.25) is 0 Å². The van der Waals surface area contributed by atoms with Gasteiger partial charge in [-0.05, 0) is 52.7 Å². The zero-order valence-corrected chi connectivity index (χ0v) is 13.7. The molecule has 2 saturated heterocycles. The third-order valence-corrected chi connectivity index (χ3v) is 6.49. The van der Waals surface area contributed by atoms with Crippen molar-refractivity contribution in [3.63, 3.8) is 0 Å². The van der Waals surface area contributed by atoms with Crippen LogP contribution in [0, 0.1) is 0 Å². The van der Waals surface area contributed by atoms with E-state index in [0.717, 1.165) is 32.2 Å². The number of hydrogen-bond acceptors (Lipinski definition) is 4. The lowest BCUT2D eigenvalue weighted by atomic mass is 10.0. The van der Waals surface area contributed by atoms with E-state index in [2.05, 4.69) is 10.2 Å². The van der Waals surface area contributed by atoms with Crippen molar-refractivity contribution < 1.29 is 8.42 Å². The van der Waals surface area contributed by atoms with Crippen molar-refractivity contribution in [2.75, 3.05) is 39.5 Å². The molecular formula is C14H29N3O2S. The van der Waals surface area contributed by atoms with E-state index < -0.39 is 10.0 Å². The van der Waals surface area contributed by atoms with Gasteiger partial charge in [0.2, 0.25) is 10.0 Å². The van der Waals surface area contributed by atoms with Crippen molar-refractivity contribution in [1.82, 2.24) is 14.5 Å². The van der Waals surface area contributed by atoms with E-state index in [1.54, 1.807) is 4.31 Å². The highest BCUT2D eigenvalue weighted by molar-refractivity contribution is 7.89. The highest BCUT2D eigenvalue weighted by Crippen LogP contribution is 2.19. The third kappa shape index (κ3) is 4.41. The Hall–Kier alpha value is -0.170. The fourth-order valence-corrected chi connectivity index (χ4v) is 4.83. The molecule has 0 saturated carbocycles. The Labute approximate surface area is 123 Å². The number of nitrogens with one attached hydrogen (secondary N) is 1. The van der Waals surface area contributed by atoms with Crippen molar-refractivity contribution in [3.05, 3.63) is 0 Å². The summed E-state index contributed by atoms with van der Waals surface area (Å²) in [5.41, 5.74) is 0. The molecule has 2 rings (SSSR count). The van der Waals surface area contributed by atoms with Crippen molar-refractivity contribution >= 4 is 10.0 Å². The van der Waals surface area contributed by atoms with E-state index in [0.29, 0.717) is 30.9 Å². The summed E-state index contributed by atoms with van der Waals surface area (Å²) < 4.78 is 26.7. The van der Waals surface area contributed by atoms with Crippen molar-refractivity contribution in [3.8, 4) is 0 Å². The maximum atomic E-state index is 12.5. The monoisotopic (exact) mass is 303 g/mol. The smallest absolute Gasteiger partial charge is 0.214 e. The van der Waals surface area contributed by atoms with Crippen LogP contribution < -0.4 is 5.32 Å². The second-order valence-corrected chi connectivity index (χ2v) is 8.46. The summed E-state index contributed by atoms with van der Waals surface area (Å²) in [5.74, 6) is 0.296. The summed E-state index contributed by atoms with van der Waals surface area (Å²) in [4.78, 5) is 2.14. The standard InChI is InChI=1S/C14H29N3O2S/c1-16(2)14-7-5-10-17(12-14)20(18,19)11-8-13-6-3-4-9-15-13/h13-15H,3-12H2,1-2H3. The number of likely N-dealkylation sites (N-methyl/N-ethyl adjacent to an activating group) is 1. The fourth-order valence-electron chi connectivity index (χ4n) is 3.19. The van der Waals surface area contributed by atoms with Gasteiger partial charge in [-0.15, -0.1) is 0 Å². The number of piperidine rings is 2. The molecule has 118 valence electrons. The Morgan fingerprint density at radius 3 is 2.65 bits per heavy atom. The molecule has 6 heteroatoms. The van der Waals surface area contributed by atoms with Gasteiger partial charge in [0.1, 0.15) is 0 Å². The summed E-state index contributed by atoms with van der Waals surface area (Å²) in [6.45, 7) is 2.40. The van der Waals surface area contributed by atoms with Crippen LogP contribution >= 0.6 is 0 Å². The molecule has 0 amide bonds.